The number of hydrogen-bond acceptors (Lipinski definition) is 3. The van der Waals surface area contributed by atoms with Crippen LogP contribution >= 0.6 is 39.1 Å². The molecule has 0 saturated carbocycles. The third-order valence-electron chi connectivity index (χ3n) is 6.13. The molecule has 196 valence electrons. The first kappa shape index (κ1) is 27.0. The van der Waals surface area contributed by atoms with Gasteiger partial charge in [-0.05, 0) is 84.3 Å². The zero-order chi connectivity index (χ0) is 27.4. The molecule has 5 rings (SSSR count). The van der Waals surface area contributed by atoms with E-state index in [4.69, 9.17) is 33.0 Å². The van der Waals surface area contributed by atoms with Gasteiger partial charge in [0, 0.05) is 32.1 Å². The first-order valence-corrected chi connectivity index (χ1v) is 13.7. The van der Waals surface area contributed by atoms with E-state index in [1.165, 1.54) is 0 Å². The Morgan fingerprint density at radius 1 is 0.872 bits per heavy atom. The average molecular weight is 622 g/mol. The number of carboxylic acid groups (broad SMARTS) is 1. The zero-order valence-corrected chi connectivity index (χ0v) is 23.7. The first-order chi connectivity index (χ1) is 18.9. The lowest BCUT2D eigenvalue weighted by atomic mass is 10.0. The summed E-state index contributed by atoms with van der Waals surface area (Å²) in [4.78, 5) is 11.2. The van der Waals surface area contributed by atoms with E-state index in [1.807, 2.05) is 102 Å². The highest BCUT2D eigenvalue weighted by Gasteiger charge is 2.18. The molecule has 0 amide bonds. The molecular formula is C31H23BrCl2N2O3. The second-order valence-electron chi connectivity index (χ2n) is 8.96. The van der Waals surface area contributed by atoms with Gasteiger partial charge in [-0.15, -0.1) is 0 Å². The first-order valence-electron chi connectivity index (χ1n) is 12.2. The molecule has 0 radical (unpaired) electrons. The molecule has 0 aliphatic carbocycles. The van der Waals surface area contributed by atoms with Crippen molar-refractivity contribution >= 4 is 45.1 Å². The van der Waals surface area contributed by atoms with E-state index in [1.54, 1.807) is 0 Å². The molecule has 8 heteroatoms. The van der Waals surface area contributed by atoms with Gasteiger partial charge < -0.3 is 9.84 Å². The van der Waals surface area contributed by atoms with Crippen LogP contribution in [0.5, 0.6) is 5.75 Å². The normalized spacial score (nSPS) is 10.9. The van der Waals surface area contributed by atoms with Crippen molar-refractivity contribution in [3.63, 3.8) is 0 Å². The summed E-state index contributed by atoms with van der Waals surface area (Å²) in [7, 11) is 0. The number of halogens is 3. The Kier molecular flexibility index (Phi) is 8.36. The second kappa shape index (κ2) is 12.1. The number of carbonyl (C=O) groups is 1. The van der Waals surface area contributed by atoms with Crippen molar-refractivity contribution in [3.05, 3.63) is 123 Å². The van der Waals surface area contributed by atoms with Crippen molar-refractivity contribution < 1.29 is 14.6 Å². The minimum absolute atomic E-state index is 0.0324. The van der Waals surface area contributed by atoms with Gasteiger partial charge >= 0.3 is 5.97 Å². The molecule has 0 spiro atoms. The summed E-state index contributed by atoms with van der Waals surface area (Å²) in [5, 5.41) is 15.5. The van der Waals surface area contributed by atoms with Crippen LogP contribution in [0.1, 0.15) is 17.5 Å². The van der Waals surface area contributed by atoms with Gasteiger partial charge in [-0.1, -0.05) is 69.5 Å². The van der Waals surface area contributed by atoms with Crippen LogP contribution in [0.25, 0.3) is 28.2 Å². The topological polar surface area (TPSA) is 64.3 Å². The molecular weight excluding hydrogens is 599 g/mol. The lowest BCUT2D eigenvalue weighted by molar-refractivity contribution is -0.136. The number of rotatable bonds is 9. The zero-order valence-electron chi connectivity index (χ0n) is 20.7. The molecule has 5 nitrogen and oxygen atoms in total. The fraction of sp³-hybridized carbons (Fsp3) is 0.0968. The Morgan fingerprint density at radius 2 is 1.67 bits per heavy atom. The number of aromatic nitrogens is 2. The summed E-state index contributed by atoms with van der Waals surface area (Å²) in [5.41, 5.74) is 5.98. The molecule has 0 bridgehead atoms. The lowest BCUT2D eigenvalue weighted by Crippen LogP contribution is -2.01. The summed E-state index contributed by atoms with van der Waals surface area (Å²) >= 11 is 15.9. The molecule has 0 saturated heterocycles. The Bertz CT molecular complexity index is 1630. The molecule has 39 heavy (non-hydrogen) atoms. The fourth-order valence-corrected chi connectivity index (χ4v) is 4.98. The number of nitrogens with zero attached hydrogens (tertiary/aromatic N) is 2. The van der Waals surface area contributed by atoms with E-state index in [2.05, 4.69) is 15.9 Å². The second-order valence-corrected chi connectivity index (χ2v) is 10.7. The predicted octanol–water partition coefficient (Wildman–Crippen LogP) is 8.87. The van der Waals surface area contributed by atoms with Gasteiger partial charge in [0.1, 0.15) is 12.4 Å². The van der Waals surface area contributed by atoms with Gasteiger partial charge in [-0.25, -0.2) is 4.68 Å². The molecule has 1 heterocycles. The molecule has 0 atom stereocenters. The number of aliphatic carboxylic acids is 1. The van der Waals surface area contributed by atoms with Crippen LogP contribution in [0.2, 0.25) is 10.0 Å². The van der Waals surface area contributed by atoms with Crippen LogP contribution in [0, 0.1) is 0 Å². The maximum Gasteiger partial charge on any atom is 0.303 e. The molecule has 1 N–H and O–H groups in total. The molecule has 0 unspecified atom stereocenters. The minimum Gasteiger partial charge on any atom is -0.488 e. The van der Waals surface area contributed by atoms with E-state index >= 15 is 0 Å². The van der Waals surface area contributed by atoms with Crippen molar-refractivity contribution in [2.45, 2.75) is 19.4 Å². The molecule has 4 aromatic carbocycles. The van der Waals surface area contributed by atoms with Crippen molar-refractivity contribution in [2.24, 2.45) is 0 Å². The van der Waals surface area contributed by atoms with Gasteiger partial charge in [0.25, 0.3) is 0 Å². The van der Waals surface area contributed by atoms with Gasteiger partial charge in [0.05, 0.1) is 17.1 Å². The SMILES string of the molecule is O=C(O)CCc1ccc(OCc2cccc(Cl)c2)c(-c2cc(-c3cccc(Br)c3)n(-c3ccc(Cl)cc3)n2)c1. The smallest absolute Gasteiger partial charge is 0.303 e. The largest absolute Gasteiger partial charge is 0.488 e. The summed E-state index contributed by atoms with van der Waals surface area (Å²) in [6.45, 7) is 0.318. The van der Waals surface area contributed by atoms with Crippen molar-refractivity contribution in [3.8, 4) is 34.0 Å². The van der Waals surface area contributed by atoms with Crippen molar-refractivity contribution in [1.82, 2.24) is 9.78 Å². The maximum absolute atomic E-state index is 11.2. The highest BCUT2D eigenvalue weighted by molar-refractivity contribution is 9.10. The van der Waals surface area contributed by atoms with Gasteiger partial charge in [-0.2, -0.15) is 5.10 Å². The van der Waals surface area contributed by atoms with Crippen LogP contribution in [0.15, 0.2) is 102 Å². The Labute approximate surface area is 244 Å². The monoisotopic (exact) mass is 620 g/mol. The van der Waals surface area contributed by atoms with Gasteiger partial charge in [-0.3, -0.25) is 4.79 Å². The van der Waals surface area contributed by atoms with Crippen molar-refractivity contribution in [1.29, 1.82) is 0 Å². The third-order valence-corrected chi connectivity index (χ3v) is 7.11. The quantitative estimate of drug-likeness (QED) is 0.178. The van der Waals surface area contributed by atoms with Crippen LogP contribution in [-0.4, -0.2) is 20.9 Å². The van der Waals surface area contributed by atoms with E-state index in [0.29, 0.717) is 34.5 Å². The molecule has 5 aromatic rings. The molecule has 0 fully saturated rings. The van der Waals surface area contributed by atoms with E-state index < -0.39 is 5.97 Å². The number of carboxylic acids is 1. The molecule has 1 aromatic heterocycles. The van der Waals surface area contributed by atoms with Crippen LogP contribution in [-0.2, 0) is 17.8 Å². The van der Waals surface area contributed by atoms with Crippen molar-refractivity contribution in [2.75, 3.05) is 0 Å². The highest BCUT2D eigenvalue weighted by atomic mass is 79.9. The minimum atomic E-state index is -0.846. The highest BCUT2D eigenvalue weighted by Crippen LogP contribution is 2.36. The third kappa shape index (κ3) is 6.71. The van der Waals surface area contributed by atoms with Gasteiger partial charge in [0.15, 0.2) is 0 Å². The Hall–Kier alpha value is -3.58. The van der Waals surface area contributed by atoms with E-state index in [9.17, 15) is 9.90 Å². The Morgan fingerprint density at radius 3 is 2.41 bits per heavy atom. The maximum atomic E-state index is 11.2. The Balaban J connectivity index is 1.61. The summed E-state index contributed by atoms with van der Waals surface area (Å²) in [5.74, 6) is -0.211. The summed E-state index contributed by atoms with van der Waals surface area (Å²) < 4.78 is 9.08. The predicted molar refractivity (Wildman–Crippen MR) is 159 cm³/mol. The number of aryl methyl sites for hydroxylation is 1. The van der Waals surface area contributed by atoms with E-state index in [-0.39, 0.29) is 6.42 Å². The summed E-state index contributed by atoms with van der Waals surface area (Å²) in [6.07, 6.45) is 0.429. The fourth-order valence-electron chi connectivity index (χ4n) is 4.24. The average Bonchev–Trinajstić information content (AvgIpc) is 3.37. The number of hydrogen-bond donors (Lipinski definition) is 1. The van der Waals surface area contributed by atoms with E-state index in [0.717, 1.165) is 38.1 Å². The van der Waals surface area contributed by atoms with Crippen LogP contribution in [0.4, 0.5) is 0 Å². The molecule has 0 aliphatic heterocycles. The lowest BCUT2D eigenvalue weighted by Gasteiger charge is -2.12. The molecule has 0 aliphatic rings. The standard InChI is InChI=1S/C31H23BrCl2N2O3/c32-23-5-2-4-22(17-23)29-18-28(35-36(29)26-11-9-24(33)10-12-26)27-16-20(8-14-31(37)38)7-13-30(27)39-19-21-3-1-6-25(34)15-21/h1-7,9-13,15-18H,8,14,19H2,(H,37,38). The number of ether oxygens (including phenoxy) is 1. The van der Waals surface area contributed by atoms with Gasteiger partial charge in [0.2, 0.25) is 0 Å². The van der Waals surface area contributed by atoms with Crippen LogP contribution in [0.3, 0.4) is 0 Å². The van der Waals surface area contributed by atoms with Crippen LogP contribution < -0.4 is 4.74 Å². The number of benzene rings is 4. The summed E-state index contributed by atoms with van der Waals surface area (Å²) in [6, 6.07) is 30.8.